The summed E-state index contributed by atoms with van der Waals surface area (Å²) in [6, 6.07) is 6.41. The van der Waals surface area contributed by atoms with E-state index >= 15 is 0 Å². The normalized spacial score (nSPS) is 46.4. The second kappa shape index (κ2) is 8.73. The minimum Gasteiger partial charge on any atom is -0.387 e. The van der Waals surface area contributed by atoms with Crippen LogP contribution in [0, 0.1) is 58.2 Å². The Morgan fingerprint density at radius 2 is 1.86 bits per heavy atom. The summed E-state index contributed by atoms with van der Waals surface area (Å²) < 4.78 is 6.01. The second-order valence-electron chi connectivity index (χ2n) is 12.7. The molecule has 2 unspecified atom stereocenters. The molecule has 35 heavy (non-hydrogen) atoms. The number of anilines is 1. The number of nitrogens with zero attached hydrogens (tertiary/aromatic N) is 2. The van der Waals surface area contributed by atoms with Crippen LogP contribution in [0.2, 0.25) is 0 Å². The van der Waals surface area contributed by atoms with Crippen LogP contribution in [-0.4, -0.2) is 34.4 Å². The highest BCUT2D eigenvalue weighted by atomic mass is 16.5. The maximum Gasteiger partial charge on any atom is 0.140 e. The Kier molecular flexibility index (Phi) is 5.92. The first-order valence-corrected chi connectivity index (χ1v) is 14.4. The van der Waals surface area contributed by atoms with Gasteiger partial charge in [-0.05, 0) is 118 Å². The van der Waals surface area contributed by atoms with Crippen LogP contribution in [0.5, 0.6) is 0 Å². The van der Waals surface area contributed by atoms with Crippen LogP contribution in [-0.2, 0) is 4.74 Å². The minimum atomic E-state index is -0.508. The molecule has 0 saturated heterocycles. The first kappa shape index (κ1) is 23.7. The predicted molar refractivity (Wildman–Crippen MR) is 136 cm³/mol. The molecule has 5 aliphatic carbocycles. The first-order valence-electron chi connectivity index (χ1n) is 14.4. The van der Waals surface area contributed by atoms with E-state index in [1.807, 2.05) is 18.3 Å². The summed E-state index contributed by atoms with van der Waals surface area (Å²) in [5.74, 6) is 5.14. The Labute approximate surface area is 211 Å². The van der Waals surface area contributed by atoms with E-state index in [4.69, 9.17) is 10.00 Å². The molecular formula is C30H43N3O2. The summed E-state index contributed by atoms with van der Waals surface area (Å²) in [5, 5.41) is 24.1. The van der Waals surface area contributed by atoms with E-state index in [0.29, 0.717) is 34.9 Å². The Bertz CT molecular complexity index is 975. The Balaban J connectivity index is 1.17. The molecule has 1 aromatic heterocycles. The zero-order valence-corrected chi connectivity index (χ0v) is 21.7. The maximum atomic E-state index is 11.2. The fraction of sp³-hybridized carbons (Fsp3) is 0.800. The molecule has 2 N–H and O–H groups in total. The fourth-order valence-electron chi connectivity index (χ4n) is 10.2. The first-order chi connectivity index (χ1) is 16.9. The molecule has 1 heterocycles. The third-order valence-corrected chi connectivity index (χ3v) is 11.6. The van der Waals surface area contributed by atoms with Gasteiger partial charge in [-0.3, -0.25) is 0 Å². The van der Waals surface area contributed by atoms with Crippen LogP contribution in [0.15, 0.2) is 18.3 Å². The van der Waals surface area contributed by atoms with Gasteiger partial charge in [0.2, 0.25) is 0 Å². The number of nitriles is 1. The quantitative estimate of drug-likeness (QED) is 0.542. The molecule has 0 amide bonds. The van der Waals surface area contributed by atoms with Gasteiger partial charge in [-0.15, -0.1) is 0 Å². The molecule has 0 radical (unpaired) electrons. The molecule has 11 atom stereocenters. The molecule has 5 aliphatic rings. The zero-order valence-electron chi connectivity index (χ0n) is 21.7. The van der Waals surface area contributed by atoms with Gasteiger partial charge < -0.3 is 15.2 Å². The molecule has 0 spiro atoms. The number of nitrogens with one attached hydrogen (secondary N) is 1. The third kappa shape index (κ3) is 3.57. The molecule has 0 bridgehead atoms. The number of fused-ring (bicyclic) bond motifs is 7. The van der Waals surface area contributed by atoms with Crippen molar-refractivity contribution in [2.45, 2.75) is 96.3 Å². The van der Waals surface area contributed by atoms with Gasteiger partial charge in [0.1, 0.15) is 11.8 Å². The lowest BCUT2D eigenvalue weighted by Crippen LogP contribution is -2.51. The summed E-state index contributed by atoms with van der Waals surface area (Å²) in [7, 11) is 0. The van der Waals surface area contributed by atoms with Crippen LogP contribution in [0.1, 0.15) is 84.3 Å². The largest absolute Gasteiger partial charge is 0.387 e. The number of hydrogen-bond acceptors (Lipinski definition) is 5. The van der Waals surface area contributed by atoms with Gasteiger partial charge in [0, 0.05) is 18.6 Å². The van der Waals surface area contributed by atoms with Crippen molar-refractivity contribution < 1.29 is 9.84 Å². The number of pyridine rings is 1. The third-order valence-electron chi connectivity index (χ3n) is 11.6. The lowest BCUT2D eigenvalue weighted by Gasteiger charge is -2.56. The topological polar surface area (TPSA) is 78.2 Å². The number of hydrogen-bond donors (Lipinski definition) is 2. The van der Waals surface area contributed by atoms with Crippen molar-refractivity contribution in [1.29, 1.82) is 5.26 Å². The molecule has 5 nitrogen and oxygen atoms in total. The molecule has 190 valence electrons. The Morgan fingerprint density at radius 3 is 2.57 bits per heavy atom. The van der Waals surface area contributed by atoms with Crippen LogP contribution in [0.4, 0.5) is 5.69 Å². The lowest BCUT2D eigenvalue weighted by molar-refractivity contribution is -0.0809. The highest BCUT2D eigenvalue weighted by Gasteiger charge is 2.72. The van der Waals surface area contributed by atoms with Gasteiger partial charge in [-0.1, -0.05) is 13.8 Å². The molecule has 6 rings (SSSR count). The van der Waals surface area contributed by atoms with Gasteiger partial charge in [0.25, 0.3) is 0 Å². The number of aliphatic hydroxyl groups is 1. The fourth-order valence-corrected chi connectivity index (χ4v) is 10.2. The Morgan fingerprint density at radius 1 is 1.09 bits per heavy atom. The zero-order chi connectivity index (χ0) is 24.4. The molecule has 0 aromatic carbocycles. The van der Waals surface area contributed by atoms with Crippen molar-refractivity contribution in [3.8, 4) is 6.07 Å². The van der Waals surface area contributed by atoms with Gasteiger partial charge in [0.05, 0.1) is 23.6 Å². The van der Waals surface area contributed by atoms with Crippen molar-refractivity contribution in [3.63, 3.8) is 0 Å². The average molecular weight is 478 g/mol. The van der Waals surface area contributed by atoms with Gasteiger partial charge in [-0.25, -0.2) is 4.98 Å². The minimum absolute atomic E-state index is 0.108. The summed E-state index contributed by atoms with van der Waals surface area (Å²) in [4.78, 5) is 4.28. The van der Waals surface area contributed by atoms with Crippen LogP contribution < -0.4 is 5.32 Å². The Hall–Kier alpha value is -1.64. The van der Waals surface area contributed by atoms with Crippen molar-refractivity contribution in [1.82, 2.24) is 4.98 Å². The summed E-state index contributed by atoms with van der Waals surface area (Å²) >= 11 is 0. The van der Waals surface area contributed by atoms with E-state index in [0.717, 1.165) is 48.8 Å². The van der Waals surface area contributed by atoms with Gasteiger partial charge in [-0.2, -0.15) is 5.26 Å². The van der Waals surface area contributed by atoms with E-state index < -0.39 is 5.60 Å². The monoisotopic (exact) mass is 477 g/mol. The van der Waals surface area contributed by atoms with Crippen molar-refractivity contribution in [2.75, 3.05) is 11.9 Å². The van der Waals surface area contributed by atoms with Crippen molar-refractivity contribution >= 4 is 5.69 Å². The molecule has 0 aliphatic heterocycles. The van der Waals surface area contributed by atoms with E-state index in [9.17, 15) is 5.11 Å². The number of ether oxygens (including phenoxy) is 1. The molecular weight excluding hydrogens is 434 g/mol. The SMILES string of the molecule is CCOC1C2[C@H]3CC[C@@H]4[C@H](CC[C@]5(C)[C@@H]([C@@H](CC)Nc6ccc(C#N)nc6)CC[C@@H]45)[C@H]3CC[C@]12O. The van der Waals surface area contributed by atoms with Crippen LogP contribution in [0.3, 0.4) is 0 Å². The van der Waals surface area contributed by atoms with Crippen LogP contribution in [0.25, 0.3) is 0 Å². The van der Waals surface area contributed by atoms with Crippen molar-refractivity contribution in [3.05, 3.63) is 24.0 Å². The molecule has 5 heteroatoms. The van der Waals surface area contributed by atoms with Gasteiger partial charge >= 0.3 is 0 Å². The molecule has 5 saturated carbocycles. The van der Waals surface area contributed by atoms with E-state index in [1.165, 1.54) is 44.9 Å². The van der Waals surface area contributed by atoms with Crippen molar-refractivity contribution in [2.24, 2.45) is 46.8 Å². The smallest absolute Gasteiger partial charge is 0.140 e. The summed E-state index contributed by atoms with van der Waals surface area (Å²) in [5.41, 5.74) is 1.42. The van der Waals surface area contributed by atoms with E-state index in [1.54, 1.807) is 0 Å². The highest BCUT2D eigenvalue weighted by molar-refractivity contribution is 5.44. The maximum absolute atomic E-state index is 11.2. The van der Waals surface area contributed by atoms with Crippen LogP contribution >= 0.6 is 0 Å². The van der Waals surface area contributed by atoms with Gasteiger partial charge in [0.15, 0.2) is 0 Å². The number of aromatic nitrogens is 1. The predicted octanol–water partition coefficient (Wildman–Crippen LogP) is 5.79. The standard InChI is InChI=1S/C30H43N3O2/c1-4-26(33-19-7-6-18(16-31)32-17-19)25-11-10-24-22-8-9-23-21(20(22)12-14-29(24,25)3)13-15-30(34)27(23)28(30)35-5-2/h6-7,17,20-28,33-34H,4-5,8-15H2,1-3H3/t20-,21-,22-,23+,24+,25-,26-,27?,28?,29+,30-/m1/s1. The highest BCUT2D eigenvalue weighted by Crippen LogP contribution is 2.69. The lowest BCUT2D eigenvalue weighted by atomic mass is 9.49. The van der Waals surface area contributed by atoms with E-state index in [-0.39, 0.29) is 6.10 Å². The summed E-state index contributed by atoms with van der Waals surface area (Å²) in [6.07, 6.45) is 13.3. The van der Waals surface area contributed by atoms with E-state index in [2.05, 4.69) is 37.1 Å². The average Bonchev–Trinajstić information content (AvgIpc) is 3.31. The second-order valence-corrected chi connectivity index (χ2v) is 12.7. The number of rotatable bonds is 6. The summed E-state index contributed by atoms with van der Waals surface area (Å²) in [6.45, 7) is 7.72. The molecule has 1 aromatic rings. The molecule has 5 fully saturated rings.